The van der Waals surface area contributed by atoms with Gasteiger partial charge in [-0.2, -0.15) is 5.26 Å². The van der Waals surface area contributed by atoms with Gasteiger partial charge in [-0.1, -0.05) is 28.1 Å². The molecule has 2 aromatic carbocycles. The SMILES string of the molecule is C[C@H](Nc1ccc(Br)cc1)C(=O)Nc1ccccc1C#N. The number of nitrogens with one attached hydrogen (secondary N) is 2. The van der Waals surface area contributed by atoms with Crippen LogP contribution in [0.2, 0.25) is 0 Å². The minimum atomic E-state index is -0.419. The molecule has 0 aliphatic carbocycles. The van der Waals surface area contributed by atoms with Gasteiger partial charge in [-0.3, -0.25) is 4.79 Å². The van der Waals surface area contributed by atoms with E-state index in [2.05, 4.69) is 32.6 Å². The largest absolute Gasteiger partial charge is 0.374 e. The minimum Gasteiger partial charge on any atom is -0.374 e. The van der Waals surface area contributed by atoms with E-state index in [0.717, 1.165) is 10.2 Å². The summed E-state index contributed by atoms with van der Waals surface area (Å²) < 4.78 is 0.980. The molecule has 0 saturated heterocycles. The monoisotopic (exact) mass is 343 g/mol. The molecule has 0 unspecified atom stereocenters. The molecule has 0 heterocycles. The number of nitriles is 1. The summed E-state index contributed by atoms with van der Waals surface area (Å²) in [5.41, 5.74) is 1.82. The number of hydrogen-bond acceptors (Lipinski definition) is 3. The molecule has 0 bridgehead atoms. The van der Waals surface area contributed by atoms with Crippen LogP contribution in [0.5, 0.6) is 0 Å². The molecule has 106 valence electrons. The number of nitrogens with zero attached hydrogens (tertiary/aromatic N) is 1. The zero-order valence-corrected chi connectivity index (χ0v) is 13.0. The van der Waals surface area contributed by atoms with Gasteiger partial charge < -0.3 is 10.6 Å². The first-order valence-electron chi connectivity index (χ1n) is 6.42. The fraction of sp³-hybridized carbons (Fsp3) is 0.125. The van der Waals surface area contributed by atoms with Crippen LogP contribution >= 0.6 is 15.9 Å². The topological polar surface area (TPSA) is 64.9 Å². The molecule has 2 aromatic rings. The van der Waals surface area contributed by atoms with E-state index in [1.165, 1.54) is 0 Å². The molecule has 0 fully saturated rings. The van der Waals surface area contributed by atoms with Crippen LogP contribution in [0.25, 0.3) is 0 Å². The first-order valence-corrected chi connectivity index (χ1v) is 7.21. The molecule has 1 amide bonds. The third kappa shape index (κ3) is 4.07. The highest BCUT2D eigenvalue weighted by Gasteiger charge is 2.14. The molecule has 0 spiro atoms. The third-order valence-corrected chi connectivity index (χ3v) is 3.45. The van der Waals surface area contributed by atoms with Gasteiger partial charge in [0.15, 0.2) is 0 Å². The van der Waals surface area contributed by atoms with E-state index < -0.39 is 6.04 Å². The van der Waals surface area contributed by atoms with Gasteiger partial charge in [0.1, 0.15) is 12.1 Å². The smallest absolute Gasteiger partial charge is 0.246 e. The first kappa shape index (κ1) is 15.1. The van der Waals surface area contributed by atoms with Gasteiger partial charge in [-0.15, -0.1) is 0 Å². The van der Waals surface area contributed by atoms with Crippen molar-refractivity contribution in [2.24, 2.45) is 0 Å². The van der Waals surface area contributed by atoms with Gasteiger partial charge in [0.2, 0.25) is 5.91 Å². The lowest BCUT2D eigenvalue weighted by molar-refractivity contribution is -0.116. The molecule has 4 nitrogen and oxygen atoms in total. The van der Waals surface area contributed by atoms with Gasteiger partial charge in [-0.05, 0) is 43.3 Å². The zero-order chi connectivity index (χ0) is 15.2. The molecule has 2 rings (SSSR count). The summed E-state index contributed by atoms with van der Waals surface area (Å²) in [5.74, 6) is -0.194. The van der Waals surface area contributed by atoms with Gasteiger partial charge in [-0.25, -0.2) is 0 Å². The fourth-order valence-corrected chi connectivity index (χ4v) is 2.06. The standard InChI is InChI=1S/C16H14BrN3O/c1-11(19-14-8-6-13(17)7-9-14)16(21)20-15-5-3-2-4-12(15)10-18/h2-9,11,19H,1H3,(H,20,21)/t11-/m0/s1. The first-order chi connectivity index (χ1) is 10.1. The molecule has 0 aromatic heterocycles. The molecular formula is C16H14BrN3O. The quantitative estimate of drug-likeness (QED) is 0.888. The van der Waals surface area contributed by atoms with E-state index in [1.807, 2.05) is 24.3 Å². The second kappa shape index (κ2) is 6.91. The molecule has 0 aliphatic heterocycles. The van der Waals surface area contributed by atoms with E-state index in [-0.39, 0.29) is 5.91 Å². The summed E-state index contributed by atoms with van der Waals surface area (Å²) in [6, 6.07) is 16.1. The van der Waals surface area contributed by atoms with Crippen LogP contribution in [0.15, 0.2) is 53.0 Å². The van der Waals surface area contributed by atoms with Crippen molar-refractivity contribution in [1.82, 2.24) is 0 Å². The maximum absolute atomic E-state index is 12.2. The number of carbonyl (C=O) groups excluding carboxylic acids is 1. The molecular weight excluding hydrogens is 330 g/mol. The van der Waals surface area contributed by atoms with Crippen LogP contribution in [0.3, 0.4) is 0 Å². The van der Waals surface area contributed by atoms with E-state index in [0.29, 0.717) is 11.3 Å². The van der Waals surface area contributed by atoms with E-state index >= 15 is 0 Å². The summed E-state index contributed by atoms with van der Waals surface area (Å²) in [6.45, 7) is 1.77. The van der Waals surface area contributed by atoms with Crippen molar-refractivity contribution in [3.05, 3.63) is 58.6 Å². The van der Waals surface area contributed by atoms with Gasteiger partial charge in [0, 0.05) is 10.2 Å². The number of hydrogen-bond donors (Lipinski definition) is 2. The number of amides is 1. The number of carbonyl (C=O) groups is 1. The Labute approximate surface area is 131 Å². The molecule has 1 atom stereocenters. The summed E-state index contributed by atoms with van der Waals surface area (Å²) >= 11 is 3.36. The Kier molecular flexibility index (Phi) is 4.96. The Morgan fingerprint density at radius 1 is 1.19 bits per heavy atom. The highest BCUT2D eigenvalue weighted by atomic mass is 79.9. The van der Waals surface area contributed by atoms with Gasteiger partial charge in [0.25, 0.3) is 0 Å². The highest BCUT2D eigenvalue weighted by molar-refractivity contribution is 9.10. The van der Waals surface area contributed by atoms with Gasteiger partial charge >= 0.3 is 0 Å². The fourth-order valence-electron chi connectivity index (χ4n) is 1.79. The minimum absolute atomic E-state index is 0.194. The van der Waals surface area contributed by atoms with Gasteiger partial charge in [0.05, 0.1) is 11.3 Å². The van der Waals surface area contributed by atoms with Crippen molar-refractivity contribution in [2.75, 3.05) is 10.6 Å². The normalized spacial score (nSPS) is 11.3. The lowest BCUT2D eigenvalue weighted by atomic mass is 10.2. The average molecular weight is 344 g/mol. The Bertz CT molecular complexity index is 677. The average Bonchev–Trinajstić information content (AvgIpc) is 2.50. The zero-order valence-electron chi connectivity index (χ0n) is 11.4. The van der Waals surface area contributed by atoms with Crippen molar-refractivity contribution in [3.8, 4) is 6.07 Å². The van der Waals surface area contributed by atoms with E-state index in [1.54, 1.807) is 31.2 Å². The summed E-state index contributed by atoms with van der Waals surface area (Å²) in [7, 11) is 0. The molecule has 21 heavy (non-hydrogen) atoms. The number of anilines is 2. The van der Waals surface area contributed by atoms with E-state index in [4.69, 9.17) is 5.26 Å². The Morgan fingerprint density at radius 3 is 2.52 bits per heavy atom. The molecule has 0 aliphatic rings. The van der Waals surface area contributed by atoms with Crippen molar-refractivity contribution >= 4 is 33.2 Å². The number of para-hydroxylation sites is 1. The van der Waals surface area contributed by atoms with Crippen molar-refractivity contribution < 1.29 is 4.79 Å². The van der Waals surface area contributed by atoms with Crippen LogP contribution in [-0.4, -0.2) is 11.9 Å². The Morgan fingerprint density at radius 2 is 1.86 bits per heavy atom. The lowest BCUT2D eigenvalue weighted by Crippen LogP contribution is -2.32. The van der Waals surface area contributed by atoms with Crippen LogP contribution in [0.4, 0.5) is 11.4 Å². The van der Waals surface area contributed by atoms with Crippen molar-refractivity contribution in [3.63, 3.8) is 0 Å². The number of benzene rings is 2. The van der Waals surface area contributed by atoms with Crippen LogP contribution in [0.1, 0.15) is 12.5 Å². The second-order valence-electron chi connectivity index (χ2n) is 4.52. The van der Waals surface area contributed by atoms with Crippen LogP contribution in [0, 0.1) is 11.3 Å². The predicted molar refractivity (Wildman–Crippen MR) is 87.0 cm³/mol. The van der Waals surface area contributed by atoms with Crippen LogP contribution in [-0.2, 0) is 4.79 Å². The summed E-state index contributed by atoms with van der Waals surface area (Å²) in [5, 5.41) is 14.9. The summed E-state index contributed by atoms with van der Waals surface area (Å²) in [4.78, 5) is 12.2. The lowest BCUT2D eigenvalue weighted by Gasteiger charge is -2.15. The number of rotatable bonds is 4. The summed E-state index contributed by atoms with van der Waals surface area (Å²) in [6.07, 6.45) is 0. The predicted octanol–water partition coefficient (Wildman–Crippen LogP) is 3.76. The molecule has 2 N–H and O–H groups in total. The highest BCUT2D eigenvalue weighted by Crippen LogP contribution is 2.17. The van der Waals surface area contributed by atoms with E-state index in [9.17, 15) is 4.79 Å². The molecule has 5 heteroatoms. The molecule has 0 saturated carbocycles. The second-order valence-corrected chi connectivity index (χ2v) is 5.44. The Balaban J connectivity index is 2.03. The number of halogens is 1. The third-order valence-electron chi connectivity index (χ3n) is 2.93. The maximum atomic E-state index is 12.2. The Hall–Kier alpha value is -2.32. The van der Waals surface area contributed by atoms with Crippen LogP contribution < -0.4 is 10.6 Å². The maximum Gasteiger partial charge on any atom is 0.246 e. The molecule has 0 radical (unpaired) electrons. The van der Waals surface area contributed by atoms with Crippen molar-refractivity contribution in [1.29, 1.82) is 5.26 Å². The van der Waals surface area contributed by atoms with Crippen molar-refractivity contribution in [2.45, 2.75) is 13.0 Å².